The zero-order chi connectivity index (χ0) is 16.2. The Morgan fingerprint density at radius 2 is 1.74 bits per heavy atom. The number of piperidine rings is 1. The summed E-state index contributed by atoms with van der Waals surface area (Å²) in [5.41, 5.74) is 0.911. The first-order valence-electron chi connectivity index (χ1n) is 8.33. The fourth-order valence-electron chi connectivity index (χ4n) is 3.39. The topological polar surface area (TPSA) is 72.8 Å². The number of carbonyl (C=O) groups is 1. The van der Waals surface area contributed by atoms with Crippen molar-refractivity contribution < 1.29 is 9.90 Å². The van der Waals surface area contributed by atoms with Crippen molar-refractivity contribution in [2.75, 3.05) is 57.8 Å². The summed E-state index contributed by atoms with van der Waals surface area (Å²) in [6.07, 6.45) is 5.84. The van der Waals surface area contributed by atoms with Crippen LogP contribution in [0.5, 0.6) is 0 Å². The molecule has 23 heavy (non-hydrogen) atoms. The minimum Gasteiger partial charge on any atom is -0.475 e. The molecule has 1 aromatic heterocycles. The van der Waals surface area contributed by atoms with Crippen molar-refractivity contribution in [2.24, 2.45) is 5.92 Å². The molecule has 7 heteroatoms. The van der Waals surface area contributed by atoms with E-state index in [1.54, 1.807) is 12.4 Å². The van der Waals surface area contributed by atoms with Crippen LogP contribution in [0.4, 0.5) is 5.69 Å². The Kier molecular flexibility index (Phi) is 5.07. The van der Waals surface area contributed by atoms with Crippen molar-refractivity contribution >= 4 is 11.7 Å². The van der Waals surface area contributed by atoms with Gasteiger partial charge in [-0.25, -0.2) is 14.8 Å². The number of carboxylic acids is 1. The predicted molar refractivity (Wildman–Crippen MR) is 87.9 cm³/mol. The van der Waals surface area contributed by atoms with Crippen LogP contribution in [0.25, 0.3) is 0 Å². The van der Waals surface area contributed by atoms with Gasteiger partial charge in [-0.15, -0.1) is 0 Å². The van der Waals surface area contributed by atoms with Crippen molar-refractivity contribution in [1.82, 2.24) is 19.8 Å². The van der Waals surface area contributed by atoms with Crippen LogP contribution in [0.2, 0.25) is 0 Å². The van der Waals surface area contributed by atoms with E-state index < -0.39 is 5.97 Å². The van der Waals surface area contributed by atoms with Gasteiger partial charge in [0, 0.05) is 32.7 Å². The number of hydrogen-bond acceptors (Lipinski definition) is 6. The molecular formula is C16H25N5O2. The van der Waals surface area contributed by atoms with Crippen molar-refractivity contribution in [3.63, 3.8) is 0 Å². The first-order chi connectivity index (χ1) is 11.1. The number of nitrogens with zero attached hydrogens (tertiary/aromatic N) is 5. The number of piperazine rings is 1. The van der Waals surface area contributed by atoms with E-state index in [-0.39, 0.29) is 5.82 Å². The van der Waals surface area contributed by atoms with Crippen LogP contribution in [0.15, 0.2) is 12.4 Å². The Balaban J connectivity index is 1.47. The Labute approximate surface area is 136 Å². The summed E-state index contributed by atoms with van der Waals surface area (Å²) in [5, 5.41) is 8.84. The van der Waals surface area contributed by atoms with Gasteiger partial charge in [-0.1, -0.05) is 0 Å². The first kappa shape index (κ1) is 16.1. The maximum Gasteiger partial charge on any atom is 0.373 e. The molecule has 0 amide bonds. The minimum absolute atomic E-state index is 0.144. The number of carboxylic acid groups (broad SMARTS) is 1. The van der Waals surface area contributed by atoms with E-state index in [0.717, 1.165) is 37.8 Å². The quantitative estimate of drug-likeness (QED) is 0.873. The van der Waals surface area contributed by atoms with Gasteiger partial charge in [0.05, 0.1) is 18.1 Å². The normalized spacial score (nSPS) is 21.5. The molecule has 2 aliphatic rings. The van der Waals surface area contributed by atoms with Crippen LogP contribution in [0, 0.1) is 5.92 Å². The lowest BCUT2D eigenvalue weighted by Crippen LogP contribution is -2.48. The molecule has 3 heterocycles. The summed E-state index contributed by atoms with van der Waals surface area (Å²) < 4.78 is 0. The molecule has 2 saturated heterocycles. The van der Waals surface area contributed by atoms with Crippen molar-refractivity contribution in [1.29, 1.82) is 0 Å². The molecule has 0 spiro atoms. The summed E-state index contributed by atoms with van der Waals surface area (Å²) in [6.45, 7) is 7.64. The molecule has 0 atom stereocenters. The van der Waals surface area contributed by atoms with E-state index >= 15 is 0 Å². The molecule has 7 nitrogen and oxygen atoms in total. The first-order valence-corrected chi connectivity index (χ1v) is 8.33. The van der Waals surface area contributed by atoms with Crippen LogP contribution < -0.4 is 4.90 Å². The average molecular weight is 319 g/mol. The van der Waals surface area contributed by atoms with Crippen LogP contribution in [0.1, 0.15) is 23.5 Å². The van der Waals surface area contributed by atoms with Gasteiger partial charge >= 0.3 is 5.97 Å². The highest BCUT2D eigenvalue weighted by molar-refractivity contribution is 5.83. The summed E-state index contributed by atoms with van der Waals surface area (Å²) in [5.74, 6) is -0.398. The molecule has 0 saturated carbocycles. The Bertz CT molecular complexity index is 520. The average Bonchev–Trinajstić information content (AvgIpc) is 2.58. The van der Waals surface area contributed by atoms with Gasteiger partial charge in [-0.3, -0.25) is 4.90 Å². The van der Waals surface area contributed by atoms with E-state index in [2.05, 4.69) is 31.7 Å². The molecule has 0 unspecified atom stereocenters. The zero-order valence-electron chi connectivity index (χ0n) is 13.7. The standard InChI is InChI=1S/C16H25N5O2/c1-19-4-2-13(3-5-19)12-20-6-8-21(9-7-20)14-10-17-15(16(22)23)18-11-14/h10-11,13H,2-9,12H2,1H3,(H,22,23). The van der Waals surface area contributed by atoms with E-state index in [0.29, 0.717) is 0 Å². The van der Waals surface area contributed by atoms with Crippen molar-refractivity contribution in [3.8, 4) is 0 Å². The highest BCUT2D eigenvalue weighted by Crippen LogP contribution is 2.19. The van der Waals surface area contributed by atoms with E-state index in [9.17, 15) is 4.79 Å². The Morgan fingerprint density at radius 1 is 1.13 bits per heavy atom. The molecule has 3 rings (SSSR count). The van der Waals surface area contributed by atoms with Gasteiger partial charge in [0.1, 0.15) is 0 Å². The molecule has 0 radical (unpaired) electrons. The summed E-state index contributed by atoms with van der Waals surface area (Å²) in [7, 11) is 2.20. The van der Waals surface area contributed by atoms with E-state index in [1.807, 2.05) is 0 Å². The Morgan fingerprint density at radius 3 is 2.30 bits per heavy atom. The number of likely N-dealkylation sites (tertiary alicyclic amines) is 1. The van der Waals surface area contributed by atoms with E-state index in [1.165, 1.54) is 32.5 Å². The second kappa shape index (κ2) is 7.23. The Hall–Kier alpha value is -1.73. The fourth-order valence-corrected chi connectivity index (χ4v) is 3.39. The summed E-state index contributed by atoms with van der Waals surface area (Å²) in [6, 6.07) is 0. The molecule has 126 valence electrons. The van der Waals surface area contributed by atoms with Crippen LogP contribution in [0.3, 0.4) is 0 Å². The van der Waals surface area contributed by atoms with Gasteiger partial charge in [0.2, 0.25) is 5.82 Å². The number of aromatic nitrogens is 2. The highest BCUT2D eigenvalue weighted by Gasteiger charge is 2.23. The smallest absolute Gasteiger partial charge is 0.373 e. The predicted octanol–water partition coefficient (Wildman–Crippen LogP) is 0.639. The maximum absolute atomic E-state index is 10.8. The lowest BCUT2D eigenvalue weighted by atomic mass is 9.96. The van der Waals surface area contributed by atoms with Gasteiger partial charge in [-0.05, 0) is 38.9 Å². The second-order valence-electron chi connectivity index (χ2n) is 6.60. The third kappa shape index (κ3) is 4.17. The lowest BCUT2D eigenvalue weighted by molar-refractivity contribution is 0.0683. The molecule has 2 fully saturated rings. The van der Waals surface area contributed by atoms with Crippen LogP contribution >= 0.6 is 0 Å². The molecule has 1 aromatic rings. The lowest BCUT2D eigenvalue weighted by Gasteiger charge is -2.38. The third-order valence-corrected chi connectivity index (χ3v) is 4.92. The zero-order valence-corrected chi connectivity index (χ0v) is 13.7. The molecule has 2 aliphatic heterocycles. The number of rotatable bonds is 4. The number of hydrogen-bond donors (Lipinski definition) is 1. The largest absolute Gasteiger partial charge is 0.475 e. The van der Waals surface area contributed by atoms with Gasteiger partial charge < -0.3 is 14.9 Å². The molecule has 0 aliphatic carbocycles. The van der Waals surface area contributed by atoms with Crippen molar-refractivity contribution in [2.45, 2.75) is 12.8 Å². The molecule has 0 bridgehead atoms. The third-order valence-electron chi connectivity index (χ3n) is 4.92. The highest BCUT2D eigenvalue weighted by atomic mass is 16.4. The van der Waals surface area contributed by atoms with Crippen LogP contribution in [-0.4, -0.2) is 83.7 Å². The van der Waals surface area contributed by atoms with Gasteiger partial charge in [0.25, 0.3) is 0 Å². The minimum atomic E-state index is -1.08. The molecular weight excluding hydrogens is 294 g/mol. The van der Waals surface area contributed by atoms with E-state index in [4.69, 9.17) is 5.11 Å². The maximum atomic E-state index is 10.8. The second-order valence-corrected chi connectivity index (χ2v) is 6.60. The molecule has 0 aromatic carbocycles. The molecule has 1 N–H and O–H groups in total. The van der Waals surface area contributed by atoms with Crippen LogP contribution in [-0.2, 0) is 0 Å². The summed E-state index contributed by atoms with van der Waals surface area (Å²) >= 11 is 0. The SMILES string of the molecule is CN1CCC(CN2CCN(c3cnc(C(=O)O)nc3)CC2)CC1. The fraction of sp³-hybridized carbons (Fsp3) is 0.688. The summed E-state index contributed by atoms with van der Waals surface area (Å²) in [4.78, 5) is 25.8. The number of anilines is 1. The van der Waals surface area contributed by atoms with Gasteiger partial charge in [-0.2, -0.15) is 0 Å². The monoisotopic (exact) mass is 319 g/mol. The number of aromatic carboxylic acids is 1. The van der Waals surface area contributed by atoms with Gasteiger partial charge in [0.15, 0.2) is 0 Å². The van der Waals surface area contributed by atoms with Crippen molar-refractivity contribution in [3.05, 3.63) is 18.2 Å².